The van der Waals surface area contributed by atoms with E-state index in [0.717, 1.165) is 29.8 Å². The van der Waals surface area contributed by atoms with Crippen LogP contribution in [-0.4, -0.2) is 41.5 Å². The number of sulfonamides is 1. The van der Waals surface area contributed by atoms with Crippen molar-refractivity contribution in [2.24, 2.45) is 7.05 Å². The van der Waals surface area contributed by atoms with E-state index in [9.17, 15) is 17.6 Å². The van der Waals surface area contributed by atoms with Gasteiger partial charge in [0.05, 0.1) is 12.2 Å². The van der Waals surface area contributed by atoms with Crippen molar-refractivity contribution in [2.45, 2.75) is 31.2 Å². The van der Waals surface area contributed by atoms with Gasteiger partial charge in [0.2, 0.25) is 10.0 Å². The van der Waals surface area contributed by atoms with Crippen molar-refractivity contribution in [3.05, 3.63) is 47.0 Å². The van der Waals surface area contributed by atoms with Crippen LogP contribution in [0.2, 0.25) is 0 Å². The molecule has 0 bridgehead atoms. The number of carbonyl (C=O) groups excluding carboxylic acids is 1. The van der Waals surface area contributed by atoms with Crippen LogP contribution in [0.15, 0.2) is 29.3 Å². The van der Waals surface area contributed by atoms with Crippen LogP contribution in [-0.2, 0) is 17.1 Å². The molecule has 26 heavy (non-hydrogen) atoms. The average Bonchev–Trinajstić information content (AvgIpc) is 2.85. The predicted octanol–water partition coefficient (Wildman–Crippen LogP) is 1.75. The van der Waals surface area contributed by atoms with Crippen molar-refractivity contribution in [3.8, 4) is 0 Å². The van der Waals surface area contributed by atoms with Crippen LogP contribution in [0.1, 0.15) is 41.0 Å². The van der Waals surface area contributed by atoms with Crippen LogP contribution in [0.3, 0.4) is 0 Å². The summed E-state index contributed by atoms with van der Waals surface area (Å²) in [6, 6.07) is 3.07. The molecule has 1 fully saturated rings. The Balaban J connectivity index is 1.84. The van der Waals surface area contributed by atoms with E-state index in [-0.39, 0.29) is 11.6 Å². The van der Waals surface area contributed by atoms with Crippen LogP contribution in [0.4, 0.5) is 4.39 Å². The fourth-order valence-corrected chi connectivity index (χ4v) is 4.41. The van der Waals surface area contributed by atoms with Gasteiger partial charge in [-0.1, -0.05) is 0 Å². The normalized spacial score (nSPS) is 16.2. The Morgan fingerprint density at radius 1 is 1.35 bits per heavy atom. The summed E-state index contributed by atoms with van der Waals surface area (Å²) in [5, 5.41) is 6.94. The maximum Gasteiger partial charge on any atom is 0.251 e. The molecule has 9 heteroatoms. The summed E-state index contributed by atoms with van der Waals surface area (Å²) in [5.74, 6) is -1.33. The summed E-state index contributed by atoms with van der Waals surface area (Å²) in [5.41, 5.74) is 1.87. The van der Waals surface area contributed by atoms with E-state index in [1.165, 1.54) is 10.4 Å². The van der Waals surface area contributed by atoms with Gasteiger partial charge in [-0.2, -0.15) is 9.40 Å². The molecule has 1 aromatic heterocycles. The van der Waals surface area contributed by atoms with Crippen molar-refractivity contribution in [1.29, 1.82) is 0 Å². The quantitative estimate of drug-likeness (QED) is 0.857. The van der Waals surface area contributed by atoms with E-state index >= 15 is 0 Å². The number of halogens is 1. The van der Waals surface area contributed by atoms with Gasteiger partial charge >= 0.3 is 0 Å². The first kappa shape index (κ1) is 18.5. The molecule has 0 spiro atoms. The Kier molecular flexibility index (Phi) is 4.85. The van der Waals surface area contributed by atoms with E-state index in [0.29, 0.717) is 13.1 Å². The zero-order chi connectivity index (χ0) is 19.1. The number of aromatic nitrogens is 2. The van der Waals surface area contributed by atoms with E-state index in [1.807, 2.05) is 13.8 Å². The number of benzene rings is 1. The van der Waals surface area contributed by atoms with Gasteiger partial charge in [0.1, 0.15) is 10.7 Å². The van der Waals surface area contributed by atoms with Crippen LogP contribution >= 0.6 is 0 Å². The van der Waals surface area contributed by atoms with Crippen LogP contribution in [0.25, 0.3) is 0 Å². The van der Waals surface area contributed by atoms with E-state index in [1.54, 1.807) is 17.9 Å². The number of nitrogens with zero attached hydrogens (tertiary/aromatic N) is 3. The van der Waals surface area contributed by atoms with Gasteiger partial charge in [-0.05, 0) is 38.5 Å². The third-order valence-electron chi connectivity index (χ3n) is 4.71. The topological polar surface area (TPSA) is 84.3 Å². The van der Waals surface area contributed by atoms with Gasteiger partial charge in [-0.25, -0.2) is 12.8 Å². The molecule has 7 nitrogen and oxygen atoms in total. The number of nitrogens with one attached hydrogen (secondary N) is 1. The number of amides is 1. The Bertz CT molecular complexity index is 951. The molecule has 3 rings (SSSR count). The van der Waals surface area contributed by atoms with Gasteiger partial charge in [0.15, 0.2) is 0 Å². The number of rotatable bonds is 5. The molecular weight excluding hydrogens is 359 g/mol. The third kappa shape index (κ3) is 3.24. The monoisotopic (exact) mass is 380 g/mol. The van der Waals surface area contributed by atoms with E-state index in [2.05, 4.69) is 10.4 Å². The third-order valence-corrected chi connectivity index (χ3v) is 6.63. The Hall–Kier alpha value is -2.26. The zero-order valence-electron chi connectivity index (χ0n) is 14.9. The molecule has 2 heterocycles. The molecule has 140 valence electrons. The molecule has 1 unspecified atom stereocenters. The number of hydrogen-bond donors (Lipinski definition) is 1. The fraction of sp³-hybridized carbons (Fsp3) is 0.412. The second-order valence-electron chi connectivity index (χ2n) is 6.41. The zero-order valence-corrected chi connectivity index (χ0v) is 15.7. The SMILES string of the molecule is Cc1c(C(C)NC(=O)c2ccc(F)c(S(=O)(=O)N3CCC3)c2)cnn1C. The lowest BCUT2D eigenvalue weighted by Gasteiger charge is -2.29. The van der Waals surface area contributed by atoms with Crippen molar-refractivity contribution in [1.82, 2.24) is 19.4 Å². The van der Waals surface area contributed by atoms with Crippen LogP contribution in [0.5, 0.6) is 0 Å². The lowest BCUT2D eigenvalue weighted by molar-refractivity contribution is 0.0939. The summed E-state index contributed by atoms with van der Waals surface area (Å²) in [4.78, 5) is 12.1. The van der Waals surface area contributed by atoms with E-state index < -0.39 is 26.6 Å². The van der Waals surface area contributed by atoms with Crippen LogP contribution in [0, 0.1) is 12.7 Å². The van der Waals surface area contributed by atoms with Crippen molar-refractivity contribution >= 4 is 15.9 Å². The molecule has 2 aromatic rings. The molecule has 1 atom stereocenters. The maximum atomic E-state index is 14.1. The first-order valence-electron chi connectivity index (χ1n) is 8.31. The lowest BCUT2D eigenvalue weighted by atomic mass is 10.1. The van der Waals surface area contributed by atoms with Gasteiger partial charge in [-0.3, -0.25) is 9.48 Å². The second-order valence-corrected chi connectivity index (χ2v) is 8.31. The van der Waals surface area contributed by atoms with Crippen molar-refractivity contribution in [2.75, 3.05) is 13.1 Å². The molecule has 0 aliphatic carbocycles. The second kappa shape index (κ2) is 6.81. The molecular formula is C17H21FN4O3S. The molecule has 1 aromatic carbocycles. The van der Waals surface area contributed by atoms with Gasteiger partial charge in [0, 0.05) is 37.0 Å². The number of carbonyl (C=O) groups is 1. The van der Waals surface area contributed by atoms with Crippen molar-refractivity contribution < 1.29 is 17.6 Å². The summed E-state index contributed by atoms with van der Waals surface area (Å²) in [6.07, 6.45) is 2.42. The van der Waals surface area contributed by atoms with E-state index in [4.69, 9.17) is 0 Å². The summed E-state index contributed by atoms with van der Waals surface area (Å²) in [7, 11) is -2.10. The molecule has 1 saturated heterocycles. The van der Waals surface area contributed by atoms with Crippen molar-refractivity contribution in [3.63, 3.8) is 0 Å². The molecule has 1 aliphatic heterocycles. The molecule has 1 aliphatic rings. The molecule has 1 amide bonds. The number of hydrogen-bond acceptors (Lipinski definition) is 4. The summed E-state index contributed by atoms with van der Waals surface area (Å²) in [6.45, 7) is 4.44. The Morgan fingerprint density at radius 3 is 2.58 bits per heavy atom. The highest BCUT2D eigenvalue weighted by Crippen LogP contribution is 2.25. The summed E-state index contributed by atoms with van der Waals surface area (Å²) >= 11 is 0. The molecule has 1 N–H and O–H groups in total. The largest absolute Gasteiger partial charge is 0.345 e. The highest BCUT2D eigenvalue weighted by molar-refractivity contribution is 7.89. The first-order chi connectivity index (χ1) is 12.2. The minimum absolute atomic E-state index is 0.0962. The molecule has 0 radical (unpaired) electrons. The highest BCUT2D eigenvalue weighted by Gasteiger charge is 2.32. The van der Waals surface area contributed by atoms with Crippen LogP contribution < -0.4 is 5.32 Å². The minimum Gasteiger partial charge on any atom is -0.345 e. The smallest absolute Gasteiger partial charge is 0.251 e. The molecule has 0 saturated carbocycles. The number of aryl methyl sites for hydroxylation is 1. The lowest BCUT2D eigenvalue weighted by Crippen LogP contribution is -2.42. The first-order valence-corrected chi connectivity index (χ1v) is 9.75. The van der Waals surface area contributed by atoms with Gasteiger partial charge in [-0.15, -0.1) is 0 Å². The Morgan fingerprint density at radius 2 is 2.04 bits per heavy atom. The minimum atomic E-state index is -3.91. The van der Waals surface area contributed by atoms with Gasteiger partial charge in [0.25, 0.3) is 5.91 Å². The highest BCUT2D eigenvalue weighted by atomic mass is 32.2. The maximum absolute atomic E-state index is 14.1. The standard InChI is InChI=1S/C17H21FN4O3S/c1-11(14-10-19-21(3)12(14)2)20-17(23)13-5-6-15(18)16(9-13)26(24,25)22-7-4-8-22/h5-6,9-11H,4,7-8H2,1-3H3,(H,20,23). The summed E-state index contributed by atoms with van der Waals surface area (Å²) < 4.78 is 41.9. The fourth-order valence-electron chi connectivity index (χ4n) is 2.81. The average molecular weight is 380 g/mol. The Labute approximate surface area is 151 Å². The predicted molar refractivity (Wildman–Crippen MR) is 93.6 cm³/mol. The van der Waals surface area contributed by atoms with Gasteiger partial charge < -0.3 is 5.32 Å².